The van der Waals surface area contributed by atoms with E-state index in [1.807, 2.05) is 62.4 Å². The SMILES string of the molecule is CCC(=O)N1c2ccccc2NC2=C(C(=O)CC(c3ccccc3F)C2)C1c1ccc(C)cc1. The van der Waals surface area contributed by atoms with E-state index in [1.54, 1.807) is 23.1 Å². The van der Waals surface area contributed by atoms with Crippen LogP contribution in [0.3, 0.4) is 0 Å². The lowest BCUT2D eigenvalue weighted by atomic mass is 9.78. The maximum absolute atomic E-state index is 14.6. The number of nitrogens with one attached hydrogen (secondary N) is 1. The summed E-state index contributed by atoms with van der Waals surface area (Å²) in [5.41, 5.74) is 5.40. The second-order valence-corrected chi connectivity index (χ2v) is 9.01. The highest BCUT2D eigenvalue weighted by atomic mass is 19.1. The Hall–Kier alpha value is -3.73. The van der Waals surface area contributed by atoms with Gasteiger partial charge in [-0.15, -0.1) is 0 Å². The average molecular weight is 455 g/mol. The van der Waals surface area contributed by atoms with Crippen LogP contribution in [0.2, 0.25) is 0 Å². The summed E-state index contributed by atoms with van der Waals surface area (Å²) in [7, 11) is 0. The molecule has 2 aliphatic rings. The molecule has 0 saturated carbocycles. The van der Waals surface area contributed by atoms with Crippen LogP contribution in [0.5, 0.6) is 0 Å². The van der Waals surface area contributed by atoms with Crippen molar-refractivity contribution < 1.29 is 14.0 Å². The summed E-state index contributed by atoms with van der Waals surface area (Å²) in [6, 6.07) is 21.7. The third kappa shape index (κ3) is 3.81. The fraction of sp³-hybridized carbons (Fsp3) is 0.241. The number of para-hydroxylation sites is 2. The number of fused-ring (bicyclic) bond motifs is 1. The Morgan fingerprint density at radius 3 is 2.44 bits per heavy atom. The van der Waals surface area contributed by atoms with Gasteiger partial charge in [0.1, 0.15) is 5.82 Å². The van der Waals surface area contributed by atoms with Gasteiger partial charge >= 0.3 is 0 Å². The van der Waals surface area contributed by atoms with Gasteiger partial charge in [-0.3, -0.25) is 14.5 Å². The van der Waals surface area contributed by atoms with Gasteiger partial charge in [0.05, 0.1) is 17.4 Å². The lowest BCUT2D eigenvalue weighted by Crippen LogP contribution is -2.38. The molecule has 0 aromatic heterocycles. The van der Waals surface area contributed by atoms with E-state index in [-0.39, 0.29) is 29.8 Å². The maximum Gasteiger partial charge on any atom is 0.227 e. The minimum Gasteiger partial charge on any atom is -0.357 e. The van der Waals surface area contributed by atoms with Crippen LogP contribution in [0.25, 0.3) is 0 Å². The van der Waals surface area contributed by atoms with E-state index < -0.39 is 6.04 Å². The van der Waals surface area contributed by atoms with Gasteiger partial charge in [0.2, 0.25) is 5.91 Å². The van der Waals surface area contributed by atoms with Crippen molar-refractivity contribution in [3.05, 3.63) is 107 Å². The molecule has 0 fully saturated rings. The Morgan fingerprint density at radius 2 is 1.71 bits per heavy atom. The molecule has 0 spiro atoms. The number of benzene rings is 3. The quantitative estimate of drug-likeness (QED) is 0.495. The van der Waals surface area contributed by atoms with Crippen LogP contribution in [0.4, 0.5) is 15.8 Å². The first kappa shape index (κ1) is 22.1. The molecule has 2 atom stereocenters. The Balaban J connectivity index is 1.71. The molecule has 5 heteroatoms. The van der Waals surface area contributed by atoms with Gasteiger partial charge < -0.3 is 5.32 Å². The number of halogens is 1. The van der Waals surface area contributed by atoms with Crippen molar-refractivity contribution in [2.24, 2.45) is 0 Å². The smallest absolute Gasteiger partial charge is 0.227 e. The van der Waals surface area contributed by atoms with E-state index in [0.717, 1.165) is 28.2 Å². The maximum atomic E-state index is 14.6. The van der Waals surface area contributed by atoms with Gasteiger partial charge in [-0.05, 0) is 48.6 Å². The van der Waals surface area contributed by atoms with E-state index >= 15 is 0 Å². The van der Waals surface area contributed by atoms with Crippen molar-refractivity contribution in [1.82, 2.24) is 0 Å². The fourth-order valence-electron chi connectivity index (χ4n) is 5.13. The molecule has 3 aromatic carbocycles. The first-order chi connectivity index (χ1) is 16.5. The molecule has 2 unspecified atom stereocenters. The highest BCUT2D eigenvalue weighted by Crippen LogP contribution is 2.47. The highest BCUT2D eigenvalue weighted by molar-refractivity contribution is 6.06. The zero-order valence-electron chi connectivity index (χ0n) is 19.3. The summed E-state index contributed by atoms with van der Waals surface area (Å²) >= 11 is 0. The lowest BCUT2D eigenvalue weighted by Gasteiger charge is -2.35. The summed E-state index contributed by atoms with van der Waals surface area (Å²) in [6.45, 7) is 3.85. The van der Waals surface area contributed by atoms with Gasteiger partial charge in [-0.25, -0.2) is 4.39 Å². The Bertz CT molecular complexity index is 1300. The molecule has 172 valence electrons. The summed E-state index contributed by atoms with van der Waals surface area (Å²) in [4.78, 5) is 28.9. The summed E-state index contributed by atoms with van der Waals surface area (Å²) in [5.74, 6) is -0.678. The van der Waals surface area contributed by atoms with Crippen LogP contribution in [0, 0.1) is 12.7 Å². The third-order valence-corrected chi connectivity index (χ3v) is 6.80. The molecule has 5 rings (SSSR count). The molecule has 1 aliphatic carbocycles. The number of hydrogen-bond acceptors (Lipinski definition) is 3. The molecule has 1 heterocycles. The van der Waals surface area contributed by atoms with Crippen LogP contribution >= 0.6 is 0 Å². The molecular formula is C29H27FN2O2. The van der Waals surface area contributed by atoms with Crippen molar-refractivity contribution in [1.29, 1.82) is 0 Å². The molecule has 0 bridgehead atoms. The van der Waals surface area contributed by atoms with Crippen molar-refractivity contribution >= 4 is 23.1 Å². The molecule has 1 N–H and O–H groups in total. The molecular weight excluding hydrogens is 427 g/mol. The summed E-state index contributed by atoms with van der Waals surface area (Å²) in [6.07, 6.45) is 1.01. The van der Waals surface area contributed by atoms with Crippen molar-refractivity contribution in [2.75, 3.05) is 10.2 Å². The second-order valence-electron chi connectivity index (χ2n) is 9.01. The number of carbonyl (C=O) groups excluding carboxylic acids is 2. The van der Waals surface area contributed by atoms with E-state index in [4.69, 9.17) is 0 Å². The van der Waals surface area contributed by atoms with Gasteiger partial charge in [0.15, 0.2) is 5.78 Å². The number of Topliss-reactive ketones (excluding diaryl/α,β-unsaturated/α-hetero) is 1. The zero-order valence-corrected chi connectivity index (χ0v) is 19.3. The first-order valence-electron chi connectivity index (χ1n) is 11.7. The second kappa shape index (κ2) is 8.90. The summed E-state index contributed by atoms with van der Waals surface area (Å²) in [5, 5.41) is 3.47. The van der Waals surface area contributed by atoms with Crippen LogP contribution in [0.1, 0.15) is 54.8 Å². The van der Waals surface area contributed by atoms with Crippen molar-refractivity contribution in [3.63, 3.8) is 0 Å². The van der Waals surface area contributed by atoms with Crippen LogP contribution in [-0.4, -0.2) is 11.7 Å². The number of nitrogens with zero attached hydrogens (tertiary/aromatic N) is 1. The molecule has 0 radical (unpaired) electrons. The van der Waals surface area contributed by atoms with E-state index in [0.29, 0.717) is 24.0 Å². The topological polar surface area (TPSA) is 49.4 Å². The fourth-order valence-corrected chi connectivity index (χ4v) is 5.13. The highest BCUT2D eigenvalue weighted by Gasteiger charge is 2.41. The lowest BCUT2D eigenvalue weighted by molar-refractivity contribution is -0.119. The molecule has 4 nitrogen and oxygen atoms in total. The van der Waals surface area contributed by atoms with Crippen LogP contribution in [0.15, 0.2) is 84.1 Å². The van der Waals surface area contributed by atoms with E-state index in [9.17, 15) is 14.0 Å². The molecule has 34 heavy (non-hydrogen) atoms. The zero-order chi connectivity index (χ0) is 23.8. The number of allylic oxidation sites excluding steroid dienone is 1. The first-order valence-corrected chi connectivity index (χ1v) is 11.7. The minimum absolute atomic E-state index is 0.0578. The average Bonchev–Trinajstić information content (AvgIpc) is 2.99. The predicted octanol–water partition coefficient (Wildman–Crippen LogP) is 6.44. The van der Waals surface area contributed by atoms with Gasteiger partial charge in [-0.2, -0.15) is 0 Å². The Labute approximate surface area is 199 Å². The van der Waals surface area contributed by atoms with E-state index in [2.05, 4.69) is 5.32 Å². The summed E-state index contributed by atoms with van der Waals surface area (Å²) < 4.78 is 14.6. The minimum atomic E-state index is -0.548. The van der Waals surface area contributed by atoms with Crippen molar-refractivity contribution in [3.8, 4) is 0 Å². The predicted molar refractivity (Wildman–Crippen MR) is 132 cm³/mol. The third-order valence-electron chi connectivity index (χ3n) is 6.80. The number of aryl methyl sites for hydroxylation is 1. The number of rotatable bonds is 3. The van der Waals surface area contributed by atoms with Gasteiger partial charge in [-0.1, -0.05) is 67.1 Å². The monoisotopic (exact) mass is 454 g/mol. The molecule has 1 aliphatic heterocycles. The Morgan fingerprint density at radius 1 is 1.00 bits per heavy atom. The number of ketones is 1. The number of anilines is 2. The standard InChI is InChI=1S/C29H27FN2O2/c1-3-27(34)32-25-11-7-6-10-23(25)31-24-16-20(21-8-4-5-9-22(21)30)17-26(33)28(24)29(32)19-14-12-18(2)13-15-19/h4-15,20,29,31H,3,16-17H2,1-2H3. The van der Waals surface area contributed by atoms with Gasteiger partial charge in [0.25, 0.3) is 0 Å². The van der Waals surface area contributed by atoms with Crippen LogP contribution < -0.4 is 10.2 Å². The van der Waals surface area contributed by atoms with E-state index in [1.165, 1.54) is 6.07 Å². The number of carbonyl (C=O) groups is 2. The van der Waals surface area contributed by atoms with Crippen molar-refractivity contribution in [2.45, 2.75) is 45.1 Å². The van der Waals surface area contributed by atoms with Gasteiger partial charge in [0, 0.05) is 24.1 Å². The number of amides is 1. The van der Waals surface area contributed by atoms with Crippen LogP contribution in [-0.2, 0) is 9.59 Å². The number of hydrogen-bond donors (Lipinski definition) is 1. The Kier molecular flexibility index (Phi) is 5.78. The molecule has 0 saturated heterocycles. The molecule has 3 aromatic rings. The molecule has 1 amide bonds. The largest absolute Gasteiger partial charge is 0.357 e. The normalized spacial score (nSPS) is 19.7.